The molecule has 1 saturated carbocycles. The Morgan fingerprint density at radius 1 is 1.33 bits per heavy atom. The van der Waals surface area contributed by atoms with Crippen LogP contribution in [0.25, 0.3) is 0 Å². The predicted molar refractivity (Wildman–Crippen MR) is 52.3 cm³/mol. The van der Waals surface area contributed by atoms with E-state index >= 15 is 0 Å². The number of hydrogen-bond acceptors (Lipinski definition) is 4. The molecule has 0 spiro atoms. The van der Waals surface area contributed by atoms with Crippen molar-refractivity contribution in [3.63, 3.8) is 0 Å². The molecule has 3 aliphatic rings. The molecular formula is C11H18O4. The third kappa shape index (κ3) is 1.91. The molecule has 86 valence electrons. The minimum atomic E-state index is -0.456. The molecular weight excluding hydrogens is 196 g/mol. The van der Waals surface area contributed by atoms with Crippen LogP contribution in [0.15, 0.2) is 0 Å². The van der Waals surface area contributed by atoms with Gasteiger partial charge < -0.3 is 18.9 Å². The normalized spacial score (nSPS) is 44.6. The van der Waals surface area contributed by atoms with E-state index in [0.717, 1.165) is 25.4 Å². The van der Waals surface area contributed by atoms with E-state index < -0.39 is 5.79 Å². The van der Waals surface area contributed by atoms with Gasteiger partial charge in [0.1, 0.15) is 12.7 Å². The van der Waals surface area contributed by atoms with Gasteiger partial charge in [0.05, 0.1) is 6.61 Å². The lowest BCUT2D eigenvalue weighted by atomic mass is 10.1. The van der Waals surface area contributed by atoms with Crippen LogP contribution in [-0.2, 0) is 18.9 Å². The zero-order chi connectivity index (χ0) is 10.3. The first-order chi connectivity index (χ1) is 7.31. The van der Waals surface area contributed by atoms with Crippen LogP contribution < -0.4 is 0 Å². The Balaban J connectivity index is 1.58. The van der Waals surface area contributed by atoms with E-state index in [9.17, 15) is 0 Å². The molecule has 2 heterocycles. The van der Waals surface area contributed by atoms with Gasteiger partial charge in [0.2, 0.25) is 0 Å². The second-order valence-corrected chi connectivity index (χ2v) is 4.78. The van der Waals surface area contributed by atoms with Crippen molar-refractivity contribution in [1.29, 1.82) is 0 Å². The molecule has 1 aliphatic carbocycles. The summed E-state index contributed by atoms with van der Waals surface area (Å²) < 4.78 is 22.5. The highest BCUT2D eigenvalue weighted by Gasteiger charge is 2.50. The van der Waals surface area contributed by atoms with E-state index in [4.69, 9.17) is 18.9 Å². The second-order valence-electron chi connectivity index (χ2n) is 4.78. The molecule has 15 heavy (non-hydrogen) atoms. The molecule has 3 atom stereocenters. The minimum absolute atomic E-state index is 0.0742. The molecule has 4 heteroatoms. The number of rotatable bonds is 4. The van der Waals surface area contributed by atoms with Crippen molar-refractivity contribution in [3.05, 3.63) is 0 Å². The van der Waals surface area contributed by atoms with Gasteiger partial charge >= 0.3 is 0 Å². The summed E-state index contributed by atoms with van der Waals surface area (Å²) in [5, 5.41) is 0. The summed E-state index contributed by atoms with van der Waals surface area (Å²) in [7, 11) is 1.70. The fourth-order valence-electron chi connectivity index (χ4n) is 2.23. The SMILES string of the molecule is CO[C@@H]1CC[C@]2(OCC3CC3)COC1O2. The summed E-state index contributed by atoms with van der Waals surface area (Å²) in [6.07, 6.45) is 4.32. The third-order valence-electron chi connectivity index (χ3n) is 3.49. The van der Waals surface area contributed by atoms with Crippen LogP contribution in [0, 0.1) is 5.92 Å². The summed E-state index contributed by atoms with van der Waals surface area (Å²) in [6, 6.07) is 0. The highest BCUT2D eigenvalue weighted by Crippen LogP contribution is 2.40. The van der Waals surface area contributed by atoms with Crippen molar-refractivity contribution in [2.24, 2.45) is 5.92 Å². The van der Waals surface area contributed by atoms with Crippen LogP contribution in [0.5, 0.6) is 0 Å². The summed E-state index contributed by atoms with van der Waals surface area (Å²) >= 11 is 0. The van der Waals surface area contributed by atoms with E-state index in [2.05, 4.69) is 0 Å². The highest BCUT2D eigenvalue weighted by molar-refractivity contribution is 4.87. The molecule has 0 amide bonds. The predicted octanol–water partition coefficient (Wildman–Crippen LogP) is 1.29. The van der Waals surface area contributed by atoms with Crippen LogP contribution in [0.4, 0.5) is 0 Å². The number of ether oxygens (including phenoxy) is 4. The molecule has 3 fully saturated rings. The Labute approximate surface area is 89.8 Å². The van der Waals surface area contributed by atoms with Gasteiger partial charge in [-0.3, -0.25) is 0 Å². The quantitative estimate of drug-likeness (QED) is 0.706. The maximum atomic E-state index is 5.88. The van der Waals surface area contributed by atoms with Gasteiger partial charge in [0.15, 0.2) is 12.1 Å². The van der Waals surface area contributed by atoms with Gasteiger partial charge in [0.25, 0.3) is 0 Å². The monoisotopic (exact) mass is 214 g/mol. The lowest BCUT2D eigenvalue weighted by Gasteiger charge is -2.34. The summed E-state index contributed by atoms with van der Waals surface area (Å²) in [4.78, 5) is 0. The first-order valence-electron chi connectivity index (χ1n) is 5.77. The van der Waals surface area contributed by atoms with Crippen molar-refractivity contribution >= 4 is 0 Å². The van der Waals surface area contributed by atoms with Crippen LogP contribution in [0.1, 0.15) is 25.7 Å². The largest absolute Gasteiger partial charge is 0.376 e. The number of hydrogen-bond donors (Lipinski definition) is 0. The average molecular weight is 214 g/mol. The van der Waals surface area contributed by atoms with E-state index in [0.29, 0.717) is 6.61 Å². The molecule has 2 saturated heterocycles. The van der Waals surface area contributed by atoms with Crippen molar-refractivity contribution in [3.8, 4) is 0 Å². The molecule has 0 N–H and O–H groups in total. The first-order valence-corrected chi connectivity index (χ1v) is 5.77. The van der Waals surface area contributed by atoms with Gasteiger partial charge in [-0.25, -0.2) is 0 Å². The first kappa shape index (κ1) is 10.0. The Bertz CT molecular complexity index is 241. The zero-order valence-electron chi connectivity index (χ0n) is 9.11. The van der Waals surface area contributed by atoms with Crippen molar-refractivity contribution in [2.75, 3.05) is 20.3 Å². The Morgan fingerprint density at radius 2 is 2.20 bits per heavy atom. The smallest absolute Gasteiger partial charge is 0.195 e. The van der Waals surface area contributed by atoms with Gasteiger partial charge in [-0.2, -0.15) is 0 Å². The molecule has 2 bridgehead atoms. The third-order valence-corrected chi connectivity index (χ3v) is 3.49. The second kappa shape index (κ2) is 3.70. The molecule has 0 radical (unpaired) electrons. The van der Waals surface area contributed by atoms with Crippen LogP contribution >= 0.6 is 0 Å². The molecule has 0 aromatic heterocycles. The van der Waals surface area contributed by atoms with E-state index in [-0.39, 0.29) is 12.4 Å². The Morgan fingerprint density at radius 3 is 2.93 bits per heavy atom. The highest BCUT2D eigenvalue weighted by atomic mass is 16.8. The van der Waals surface area contributed by atoms with E-state index in [1.165, 1.54) is 12.8 Å². The fourth-order valence-corrected chi connectivity index (χ4v) is 2.23. The maximum absolute atomic E-state index is 5.88. The van der Waals surface area contributed by atoms with E-state index in [1.54, 1.807) is 7.11 Å². The van der Waals surface area contributed by atoms with Crippen LogP contribution in [0.2, 0.25) is 0 Å². The molecule has 4 nitrogen and oxygen atoms in total. The lowest BCUT2D eigenvalue weighted by molar-refractivity contribution is -0.273. The summed E-state index contributed by atoms with van der Waals surface area (Å²) in [5.74, 6) is 0.310. The summed E-state index contributed by atoms with van der Waals surface area (Å²) in [5.41, 5.74) is 0. The van der Waals surface area contributed by atoms with Gasteiger partial charge in [0, 0.05) is 13.5 Å². The Hall–Kier alpha value is -0.160. The molecule has 3 rings (SSSR count). The number of fused-ring (bicyclic) bond motifs is 2. The van der Waals surface area contributed by atoms with E-state index in [1.807, 2.05) is 0 Å². The average Bonchev–Trinajstić information content (AvgIpc) is 3.03. The van der Waals surface area contributed by atoms with Crippen LogP contribution in [0.3, 0.4) is 0 Å². The van der Waals surface area contributed by atoms with Crippen LogP contribution in [-0.4, -0.2) is 38.5 Å². The molecule has 2 aliphatic heterocycles. The standard InChI is InChI=1S/C11H18O4/c1-12-9-4-5-11(7-13-10(9)15-11)14-6-8-2-3-8/h8-10H,2-7H2,1H3/t9-,10?,11-/m1/s1. The van der Waals surface area contributed by atoms with Crippen molar-refractivity contribution in [1.82, 2.24) is 0 Å². The molecule has 0 aromatic carbocycles. The van der Waals surface area contributed by atoms with Crippen molar-refractivity contribution < 1.29 is 18.9 Å². The fraction of sp³-hybridized carbons (Fsp3) is 1.00. The molecule has 1 unspecified atom stereocenters. The maximum Gasteiger partial charge on any atom is 0.195 e. The van der Waals surface area contributed by atoms with Crippen molar-refractivity contribution in [2.45, 2.75) is 43.9 Å². The summed E-state index contributed by atoms with van der Waals surface area (Å²) in [6.45, 7) is 1.39. The number of methoxy groups -OCH3 is 1. The Kier molecular flexibility index (Phi) is 2.47. The minimum Gasteiger partial charge on any atom is -0.376 e. The topological polar surface area (TPSA) is 36.9 Å². The van der Waals surface area contributed by atoms with Gasteiger partial charge in [-0.1, -0.05) is 0 Å². The zero-order valence-corrected chi connectivity index (χ0v) is 9.11. The van der Waals surface area contributed by atoms with Gasteiger partial charge in [-0.05, 0) is 25.2 Å². The van der Waals surface area contributed by atoms with Gasteiger partial charge in [-0.15, -0.1) is 0 Å². The lowest BCUT2D eigenvalue weighted by Crippen LogP contribution is -2.44. The molecule has 0 aromatic rings.